The Bertz CT molecular complexity index is 477. The van der Waals surface area contributed by atoms with Gasteiger partial charge in [0, 0.05) is 0 Å². The maximum absolute atomic E-state index is 10.9. The van der Waals surface area contributed by atoms with Crippen molar-refractivity contribution in [1.29, 1.82) is 0 Å². The zero-order valence-corrected chi connectivity index (χ0v) is 11.2. The van der Waals surface area contributed by atoms with Crippen molar-refractivity contribution < 1.29 is 9.90 Å². The zero-order chi connectivity index (χ0) is 13.3. The van der Waals surface area contributed by atoms with Gasteiger partial charge in [0.25, 0.3) is 0 Å². The third-order valence-electron chi connectivity index (χ3n) is 4.14. The topological polar surface area (TPSA) is 62.2 Å². The first-order chi connectivity index (χ1) is 8.52. The van der Waals surface area contributed by atoms with Crippen molar-refractivity contribution in [3.05, 3.63) is 22.5 Å². The summed E-state index contributed by atoms with van der Waals surface area (Å²) in [5.74, 6) is 0.260. The van der Waals surface area contributed by atoms with Crippen LogP contribution in [0.2, 0.25) is 0 Å². The Morgan fingerprint density at radius 2 is 1.83 bits per heavy atom. The molecule has 0 atom stereocenters. The highest BCUT2D eigenvalue weighted by Crippen LogP contribution is 2.41. The SMILES string of the molecule is Cc1nc(C2(NC=O)CCCC2)c(C)c(C)c1O. The Labute approximate surface area is 107 Å². The summed E-state index contributed by atoms with van der Waals surface area (Å²) in [6, 6.07) is 0. The van der Waals surface area contributed by atoms with Crippen LogP contribution >= 0.6 is 0 Å². The van der Waals surface area contributed by atoms with Crippen LogP contribution in [-0.2, 0) is 10.3 Å². The predicted octanol–water partition coefficient (Wildman–Crippen LogP) is 2.23. The van der Waals surface area contributed by atoms with Gasteiger partial charge in [-0.15, -0.1) is 0 Å². The van der Waals surface area contributed by atoms with Crippen LogP contribution in [0.5, 0.6) is 5.75 Å². The van der Waals surface area contributed by atoms with Gasteiger partial charge in [-0.3, -0.25) is 9.78 Å². The fourth-order valence-corrected chi connectivity index (χ4v) is 2.94. The third kappa shape index (κ3) is 1.85. The van der Waals surface area contributed by atoms with Gasteiger partial charge < -0.3 is 10.4 Å². The van der Waals surface area contributed by atoms with Crippen LogP contribution in [0.1, 0.15) is 48.2 Å². The summed E-state index contributed by atoms with van der Waals surface area (Å²) in [4.78, 5) is 15.4. The molecule has 0 unspecified atom stereocenters. The van der Waals surface area contributed by atoms with Gasteiger partial charge in [-0.1, -0.05) is 12.8 Å². The first-order valence-electron chi connectivity index (χ1n) is 6.40. The number of aromatic nitrogens is 1. The number of rotatable bonds is 3. The number of nitrogens with one attached hydrogen (secondary N) is 1. The van der Waals surface area contributed by atoms with E-state index < -0.39 is 0 Å². The van der Waals surface area contributed by atoms with Crippen molar-refractivity contribution in [2.24, 2.45) is 0 Å². The van der Waals surface area contributed by atoms with Crippen LogP contribution in [-0.4, -0.2) is 16.5 Å². The number of aromatic hydroxyl groups is 1. The molecule has 1 heterocycles. The normalized spacial score (nSPS) is 17.7. The van der Waals surface area contributed by atoms with E-state index in [1.54, 1.807) is 6.92 Å². The van der Waals surface area contributed by atoms with Gasteiger partial charge in [0.1, 0.15) is 5.75 Å². The summed E-state index contributed by atoms with van der Waals surface area (Å²) in [5, 5.41) is 12.9. The lowest BCUT2D eigenvalue weighted by molar-refractivity contribution is -0.111. The van der Waals surface area contributed by atoms with E-state index in [1.807, 2.05) is 13.8 Å². The molecule has 0 radical (unpaired) electrons. The predicted molar refractivity (Wildman–Crippen MR) is 69.5 cm³/mol. The standard InChI is InChI=1S/C14H20N2O2/c1-9-10(2)13(16-11(3)12(9)18)14(15-8-17)6-4-5-7-14/h8,18H,4-7H2,1-3H3,(H,15,17). The molecule has 1 aliphatic rings. The lowest BCUT2D eigenvalue weighted by atomic mass is 9.88. The smallest absolute Gasteiger partial charge is 0.207 e. The molecular formula is C14H20N2O2. The van der Waals surface area contributed by atoms with Crippen LogP contribution in [0, 0.1) is 20.8 Å². The molecule has 1 aromatic heterocycles. The lowest BCUT2D eigenvalue weighted by Crippen LogP contribution is -2.40. The van der Waals surface area contributed by atoms with Gasteiger partial charge in [0.2, 0.25) is 6.41 Å². The fraction of sp³-hybridized carbons (Fsp3) is 0.571. The van der Waals surface area contributed by atoms with E-state index in [0.717, 1.165) is 48.9 Å². The van der Waals surface area contributed by atoms with Gasteiger partial charge in [0.15, 0.2) is 0 Å². The summed E-state index contributed by atoms with van der Waals surface area (Å²) in [7, 11) is 0. The molecule has 0 aromatic carbocycles. The third-order valence-corrected chi connectivity index (χ3v) is 4.14. The maximum atomic E-state index is 10.9. The van der Waals surface area contributed by atoms with Crippen LogP contribution in [0.15, 0.2) is 0 Å². The van der Waals surface area contributed by atoms with Gasteiger partial charge in [0.05, 0.1) is 16.9 Å². The molecule has 1 aliphatic carbocycles. The van der Waals surface area contributed by atoms with Crippen molar-refractivity contribution in [2.45, 2.75) is 52.0 Å². The minimum absolute atomic E-state index is 0.260. The van der Waals surface area contributed by atoms with Crippen molar-refractivity contribution in [1.82, 2.24) is 10.3 Å². The molecule has 1 aromatic rings. The van der Waals surface area contributed by atoms with Crippen molar-refractivity contribution in [2.75, 3.05) is 0 Å². The molecule has 4 heteroatoms. The Hall–Kier alpha value is -1.58. The number of hydrogen-bond donors (Lipinski definition) is 2. The number of carbonyl (C=O) groups is 1. The van der Waals surface area contributed by atoms with Gasteiger partial charge in [-0.05, 0) is 44.7 Å². The monoisotopic (exact) mass is 248 g/mol. The highest BCUT2D eigenvalue weighted by molar-refractivity contribution is 5.52. The molecule has 2 N–H and O–H groups in total. The van der Waals surface area contributed by atoms with Crippen LogP contribution in [0.4, 0.5) is 0 Å². The summed E-state index contributed by atoms with van der Waals surface area (Å²) in [5.41, 5.74) is 3.05. The highest BCUT2D eigenvalue weighted by Gasteiger charge is 2.38. The average molecular weight is 248 g/mol. The highest BCUT2D eigenvalue weighted by atomic mass is 16.3. The minimum Gasteiger partial charge on any atom is -0.506 e. The van der Waals surface area contributed by atoms with Gasteiger partial charge in [-0.25, -0.2) is 0 Å². The van der Waals surface area contributed by atoms with E-state index in [-0.39, 0.29) is 11.3 Å². The van der Waals surface area contributed by atoms with Crippen LogP contribution < -0.4 is 5.32 Å². The van der Waals surface area contributed by atoms with E-state index in [1.165, 1.54) is 0 Å². The number of pyridine rings is 1. The quantitative estimate of drug-likeness (QED) is 0.806. The second kappa shape index (κ2) is 4.59. The molecule has 0 spiro atoms. The number of nitrogens with zero attached hydrogens (tertiary/aromatic N) is 1. The van der Waals surface area contributed by atoms with E-state index in [2.05, 4.69) is 10.3 Å². The Kier molecular flexibility index (Phi) is 3.28. The molecule has 2 rings (SSSR count). The number of amides is 1. The number of hydrogen-bond acceptors (Lipinski definition) is 3. The molecule has 1 fully saturated rings. The van der Waals surface area contributed by atoms with Crippen LogP contribution in [0.3, 0.4) is 0 Å². The first-order valence-corrected chi connectivity index (χ1v) is 6.40. The second-order valence-corrected chi connectivity index (χ2v) is 5.20. The summed E-state index contributed by atoms with van der Waals surface area (Å²) >= 11 is 0. The van der Waals surface area contributed by atoms with Gasteiger partial charge >= 0.3 is 0 Å². The fourth-order valence-electron chi connectivity index (χ4n) is 2.94. The maximum Gasteiger partial charge on any atom is 0.207 e. The van der Waals surface area contributed by atoms with Crippen molar-refractivity contribution in [3.63, 3.8) is 0 Å². The minimum atomic E-state index is -0.338. The summed E-state index contributed by atoms with van der Waals surface area (Å²) in [6.07, 6.45) is 4.80. The summed E-state index contributed by atoms with van der Waals surface area (Å²) < 4.78 is 0. The zero-order valence-electron chi connectivity index (χ0n) is 11.2. The molecule has 0 aliphatic heterocycles. The van der Waals surface area contributed by atoms with Crippen molar-refractivity contribution >= 4 is 6.41 Å². The van der Waals surface area contributed by atoms with E-state index in [4.69, 9.17) is 0 Å². The lowest BCUT2D eigenvalue weighted by Gasteiger charge is -2.30. The molecule has 18 heavy (non-hydrogen) atoms. The second-order valence-electron chi connectivity index (χ2n) is 5.20. The van der Waals surface area contributed by atoms with Gasteiger partial charge in [-0.2, -0.15) is 0 Å². The first kappa shape index (κ1) is 12.9. The average Bonchev–Trinajstić information content (AvgIpc) is 2.81. The van der Waals surface area contributed by atoms with E-state index in [0.29, 0.717) is 5.69 Å². The molecule has 0 saturated heterocycles. The molecule has 98 valence electrons. The van der Waals surface area contributed by atoms with E-state index in [9.17, 15) is 9.90 Å². The molecule has 1 amide bonds. The molecule has 1 saturated carbocycles. The largest absolute Gasteiger partial charge is 0.506 e. The Balaban J connectivity index is 2.58. The molecule has 0 bridgehead atoms. The van der Waals surface area contributed by atoms with Crippen LogP contribution in [0.25, 0.3) is 0 Å². The van der Waals surface area contributed by atoms with Crippen molar-refractivity contribution in [3.8, 4) is 5.75 Å². The Morgan fingerprint density at radius 3 is 2.39 bits per heavy atom. The molecule has 4 nitrogen and oxygen atoms in total. The Morgan fingerprint density at radius 1 is 1.22 bits per heavy atom. The number of carbonyl (C=O) groups excluding carboxylic acids is 1. The number of aryl methyl sites for hydroxylation is 1. The van der Waals surface area contributed by atoms with E-state index >= 15 is 0 Å². The molecular weight excluding hydrogens is 228 g/mol. The summed E-state index contributed by atoms with van der Waals surface area (Å²) in [6.45, 7) is 5.66.